The summed E-state index contributed by atoms with van der Waals surface area (Å²) in [5, 5.41) is 5.71. The lowest BCUT2D eigenvalue weighted by Crippen LogP contribution is -2.13. The molecule has 0 aliphatic rings. The van der Waals surface area contributed by atoms with E-state index in [9.17, 15) is 9.18 Å². The van der Waals surface area contributed by atoms with Gasteiger partial charge in [-0.05, 0) is 49.7 Å². The molecular weight excluding hydrogens is 257 g/mol. The van der Waals surface area contributed by atoms with Gasteiger partial charge in [-0.3, -0.25) is 4.79 Å². The van der Waals surface area contributed by atoms with Crippen molar-refractivity contribution in [2.24, 2.45) is 0 Å². The van der Waals surface area contributed by atoms with E-state index >= 15 is 0 Å². The third-order valence-corrected chi connectivity index (χ3v) is 2.68. The predicted molar refractivity (Wildman–Crippen MR) is 77.5 cm³/mol. The second kappa shape index (κ2) is 6.14. The van der Waals surface area contributed by atoms with Crippen LogP contribution in [0, 0.1) is 12.7 Å². The molecule has 0 unspecified atom stereocenters. The number of nitrogens with one attached hydrogen (secondary N) is 2. The maximum atomic E-state index is 13.3. The normalized spacial score (nSPS) is 10.2. The molecule has 2 aromatic rings. The Hall–Kier alpha value is -2.43. The fourth-order valence-corrected chi connectivity index (χ4v) is 1.86. The third-order valence-electron chi connectivity index (χ3n) is 2.68. The molecule has 0 atom stereocenters. The Balaban J connectivity index is 2.17. The molecule has 0 radical (unpaired) electrons. The highest BCUT2D eigenvalue weighted by atomic mass is 19.1. The van der Waals surface area contributed by atoms with Crippen LogP contribution in [0.2, 0.25) is 0 Å². The van der Waals surface area contributed by atoms with Crippen molar-refractivity contribution in [3.8, 4) is 0 Å². The number of hydrogen-bond acceptors (Lipinski definition) is 3. The second-order valence-electron chi connectivity index (χ2n) is 4.43. The monoisotopic (exact) mass is 273 g/mol. The molecule has 2 N–H and O–H groups in total. The number of amides is 1. The van der Waals surface area contributed by atoms with Crippen LogP contribution >= 0.6 is 0 Å². The molecule has 104 valence electrons. The molecular formula is C15H16FN3O. The summed E-state index contributed by atoms with van der Waals surface area (Å²) in [4.78, 5) is 16.2. The standard InChI is InChI=1S/C15H16FN3O/c1-3-17-14-8-11(4-5-18-14)15(20)19-13-7-10(2)6-12(16)9-13/h4-9H,3H2,1-2H3,(H,17,18)(H,19,20). The molecule has 5 heteroatoms. The van der Waals surface area contributed by atoms with Crippen molar-refractivity contribution in [3.05, 3.63) is 53.5 Å². The summed E-state index contributed by atoms with van der Waals surface area (Å²) in [5.41, 5.74) is 1.66. The fourth-order valence-electron chi connectivity index (χ4n) is 1.86. The van der Waals surface area contributed by atoms with Crippen LogP contribution in [0.25, 0.3) is 0 Å². The van der Waals surface area contributed by atoms with Gasteiger partial charge in [-0.2, -0.15) is 0 Å². The van der Waals surface area contributed by atoms with Crippen LogP contribution < -0.4 is 10.6 Å². The van der Waals surface area contributed by atoms with E-state index in [4.69, 9.17) is 0 Å². The van der Waals surface area contributed by atoms with Crippen LogP contribution in [0.5, 0.6) is 0 Å². The summed E-state index contributed by atoms with van der Waals surface area (Å²) in [7, 11) is 0. The van der Waals surface area contributed by atoms with E-state index in [1.54, 1.807) is 31.3 Å². The molecule has 0 saturated heterocycles. The van der Waals surface area contributed by atoms with Crippen LogP contribution in [0.15, 0.2) is 36.5 Å². The summed E-state index contributed by atoms with van der Waals surface area (Å²) in [5.74, 6) is -0.0320. The SMILES string of the molecule is CCNc1cc(C(=O)Nc2cc(C)cc(F)c2)ccn1. The summed E-state index contributed by atoms with van der Waals surface area (Å²) in [6, 6.07) is 7.68. The zero-order chi connectivity index (χ0) is 14.5. The van der Waals surface area contributed by atoms with Crippen molar-refractivity contribution < 1.29 is 9.18 Å². The smallest absolute Gasteiger partial charge is 0.255 e. The lowest BCUT2D eigenvalue weighted by Gasteiger charge is -2.08. The van der Waals surface area contributed by atoms with Crippen molar-refractivity contribution in [2.45, 2.75) is 13.8 Å². The van der Waals surface area contributed by atoms with Crippen LogP contribution in [0.3, 0.4) is 0 Å². The Labute approximate surface area is 117 Å². The van der Waals surface area contributed by atoms with Gasteiger partial charge in [0.15, 0.2) is 0 Å². The van der Waals surface area contributed by atoms with Gasteiger partial charge in [-0.1, -0.05) is 0 Å². The molecule has 0 aliphatic carbocycles. The van der Waals surface area contributed by atoms with Gasteiger partial charge in [0.2, 0.25) is 0 Å². The molecule has 20 heavy (non-hydrogen) atoms. The number of benzene rings is 1. The van der Waals surface area contributed by atoms with Crippen LogP contribution in [0.4, 0.5) is 15.9 Å². The van der Waals surface area contributed by atoms with Crippen molar-refractivity contribution in [3.63, 3.8) is 0 Å². The number of anilines is 2. The number of pyridine rings is 1. The molecule has 1 aromatic carbocycles. The molecule has 1 amide bonds. The van der Waals surface area contributed by atoms with Gasteiger partial charge in [-0.25, -0.2) is 9.37 Å². The summed E-state index contributed by atoms with van der Waals surface area (Å²) in [6.45, 7) is 4.44. The molecule has 0 fully saturated rings. The molecule has 0 saturated carbocycles. The summed E-state index contributed by atoms with van der Waals surface area (Å²) in [6.07, 6.45) is 1.56. The van der Waals surface area contributed by atoms with Crippen molar-refractivity contribution in [2.75, 3.05) is 17.2 Å². The van der Waals surface area contributed by atoms with Gasteiger partial charge in [0.25, 0.3) is 5.91 Å². The Morgan fingerprint density at radius 1 is 1.30 bits per heavy atom. The number of halogens is 1. The van der Waals surface area contributed by atoms with Gasteiger partial charge >= 0.3 is 0 Å². The first kappa shape index (κ1) is 14.0. The molecule has 0 aliphatic heterocycles. The minimum Gasteiger partial charge on any atom is -0.370 e. The van der Waals surface area contributed by atoms with Crippen LogP contribution in [-0.4, -0.2) is 17.4 Å². The van der Waals surface area contributed by atoms with E-state index in [0.717, 1.165) is 12.1 Å². The number of carbonyl (C=O) groups is 1. The zero-order valence-corrected chi connectivity index (χ0v) is 11.4. The van der Waals surface area contributed by atoms with Crippen molar-refractivity contribution in [1.29, 1.82) is 0 Å². The highest BCUT2D eigenvalue weighted by molar-refractivity contribution is 6.04. The summed E-state index contributed by atoms with van der Waals surface area (Å²) >= 11 is 0. The van der Waals surface area contributed by atoms with Gasteiger partial charge in [-0.15, -0.1) is 0 Å². The van der Waals surface area contributed by atoms with Gasteiger partial charge in [0.1, 0.15) is 11.6 Å². The Kier molecular flexibility index (Phi) is 4.30. The highest BCUT2D eigenvalue weighted by Gasteiger charge is 2.08. The number of hydrogen-bond donors (Lipinski definition) is 2. The number of aromatic nitrogens is 1. The Morgan fingerprint density at radius 2 is 2.10 bits per heavy atom. The fraction of sp³-hybridized carbons (Fsp3) is 0.200. The first-order valence-corrected chi connectivity index (χ1v) is 6.37. The molecule has 1 aromatic heterocycles. The Morgan fingerprint density at radius 3 is 2.80 bits per heavy atom. The maximum absolute atomic E-state index is 13.3. The predicted octanol–water partition coefficient (Wildman–Crippen LogP) is 3.21. The number of nitrogens with zero attached hydrogens (tertiary/aromatic N) is 1. The molecule has 0 spiro atoms. The van der Waals surface area contributed by atoms with E-state index in [2.05, 4.69) is 15.6 Å². The largest absolute Gasteiger partial charge is 0.370 e. The lowest BCUT2D eigenvalue weighted by atomic mass is 10.2. The molecule has 2 rings (SSSR count). The average molecular weight is 273 g/mol. The molecule has 0 bridgehead atoms. The maximum Gasteiger partial charge on any atom is 0.255 e. The first-order valence-electron chi connectivity index (χ1n) is 6.37. The Bertz CT molecular complexity index is 608. The lowest BCUT2D eigenvalue weighted by molar-refractivity contribution is 0.102. The van der Waals surface area contributed by atoms with Crippen LogP contribution in [0.1, 0.15) is 22.8 Å². The topological polar surface area (TPSA) is 54.0 Å². The second-order valence-corrected chi connectivity index (χ2v) is 4.43. The molecule has 1 heterocycles. The van der Waals surface area contributed by atoms with E-state index in [1.165, 1.54) is 12.1 Å². The van der Waals surface area contributed by atoms with E-state index in [0.29, 0.717) is 17.1 Å². The average Bonchev–Trinajstić information content (AvgIpc) is 2.38. The quantitative estimate of drug-likeness (QED) is 0.899. The van der Waals surface area contributed by atoms with Crippen molar-refractivity contribution >= 4 is 17.4 Å². The van der Waals surface area contributed by atoms with Gasteiger partial charge in [0.05, 0.1) is 0 Å². The number of rotatable bonds is 4. The number of aryl methyl sites for hydroxylation is 1. The van der Waals surface area contributed by atoms with Gasteiger partial charge < -0.3 is 10.6 Å². The van der Waals surface area contributed by atoms with E-state index < -0.39 is 0 Å². The minimum absolute atomic E-state index is 0.295. The van der Waals surface area contributed by atoms with E-state index in [-0.39, 0.29) is 11.7 Å². The highest BCUT2D eigenvalue weighted by Crippen LogP contribution is 2.15. The summed E-state index contributed by atoms with van der Waals surface area (Å²) < 4.78 is 13.3. The zero-order valence-electron chi connectivity index (χ0n) is 11.4. The van der Waals surface area contributed by atoms with Gasteiger partial charge in [0, 0.05) is 24.0 Å². The van der Waals surface area contributed by atoms with Crippen molar-refractivity contribution in [1.82, 2.24) is 4.98 Å². The first-order chi connectivity index (χ1) is 9.58. The number of carbonyl (C=O) groups excluding carboxylic acids is 1. The van der Waals surface area contributed by atoms with E-state index in [1.807, 2.05) is 6.92 Å². The minimum atomic E-state index is -0.372. The van der Waals surface area contributed by atoms with Crippen LogP contribution in [-0.2, 0) is 0 Å². The third kappa shape index (κ3) is 3.54. The molecule has 4 nitrogen and oxygen atoms in total.